The fraction of sp³-hybridized carbons (Fsp3) is 0.304. The highest BCUT2D eigenvalue weighted by atomic mass is 16.3. The van der Waals surface area contributed by atoms with E-state index in [2.05, 4.69) is 40.6 Å². The second-order valence-corrected chi connectivity index (χ2v) is 7.20. The predicted molar refractivity (Wildman–Crippen MR) is 109 cm³/mol. The lowest BCUT2D eigenvalue weighted by Gasteiger charge is -2.21. The smallest absolute Gasteiger partial charge is 0.255 e. The fourth-order valence-electron chi connectivity index (χ4n) is 3.76. The average molecular weight is 375 g/mol. The summed E-state index contributed by atoms with van der Waals surface area (Å²) in [7, 11) is 0. The number of likely N-dealkylation sites (tertiary alicyclic amines) is 1. The molecule has 2 aromatic heterocycles. The molecule has 0 radical (unpaired) electrons. The Morgan fingerprint density at radius 3 is 2.71 bits per heavy atom. The summed E-state index contributed by atoms with van der Waals surface area (Å²) in [6.45, 7) is 2.16. The lowest BCUT2D eigenvalue weighted by atomic mass is 9.92. The fourth-order valence-corrected chi connectivity index (χ4v) is 3.76. The third-order valence-corrected chi connectivity index (χ3v) is 5.32. The Balaban J connectivity index is 1.34. The van der Waals surface area contributed by atoms with Crippen LogP contribution in [0.15, 0.2) is 71.5 Å². The lowest BCUT2D eigenvalue weighted by molar-refractivity contribution is 0.0760. The number of carbonyl (C=O) groups excluding carboxylic acids is 1. The molecule has 1 amide bonds. The van der Waals surface area contributed by atoms with Crippen LogP contribution >= 0.6 is 0 Å². The molecule has 28 heavy (non-hydrogen) atoms. The molecule has 1 aromatic carbocycles. The number of rotatable bonds is 5. The van der Waals surface area contributed by atoms with E-state index in [1.54, 1.807) is 12.5 Å². The number of hydrogen-bond donors (Lipinski definition) is 1. The maximum atomic E-state index is 12.9. The largest absolute Gasteiger partial charge is 0.467 e. The average Bonchev–Trinajstić information content (AvgIpc) is 3.15. The number of anilines is 1. The number of furan rings is 1. The van der Waals surface area contributed by atoms with E-state index in [1.807, 2.05) is 29.2 Å². The standard InChI is InChI=1S/C23H25N3O2/c27-23(20-10-11-22(24-16-20)25-17-21-9-5-15-28-21)26-13-4-8-19(12-14-26)18-6-2-1-3-7-18/h1-3,5-7,9-11,15-16,19H,4,8,12-14,17H2,(H,24,25). The summed E-state index contributed by atoms with van der Waals surface area (Å²) >= 11 is 0. The summed E-state index contributed by atoms with van der Waals surface area (Å²) in [4.78, 5) is 19.3. The van der Waals surface area contributed by atoms with E-state index in [0.29, 0.717) is 18.0 Å². The number of hydrogen-bond acceptors (Lipinski definition) is 4. The van der Waals surface area contributed by atoms with Gasteiger partial charge in [0, 0.05) is 19.3 Å². The van der Waals surface area contributed by atoms with Crippen LogP contribution in [0.4, 0.5) is 5.82 Å². The first-order chi connectivity index (χ1) is 13.8. The maximum absolute atomic E-state index is 12.9. The molecule has 4 rings (SSSR count). The molecule has 3 aromatic rings. The van der Waals surface area contributed by atoms with Gasteiger partial charge in [0.25, 0.3) is 5.91 Å². The van der Waals surface area contributed by atoms with Crippen LogP contribution in [-0.2, 0) is 6.54 Å². The Hall–Kier alpha value is -3.08. The topological polar surface area (TPSA) is 58.4 Å². The van der Waals surface area contributed by atoms with E-state index >= 15 is 0 Å². The zero-order valence-corrected chi connectivity index (χ0v) is 15.9. The van der Waals surface area contributed by atoms with Crippen molar-refractivity contribution in [1.82, 2.24) is 9.88 Å². The van der Waals surface area contributed by atoms with E-state index in [-0.39, 0.29) is 5.91 Å². The zero-order valence-electron chi connectivity index (χ0n) is 15.9. The van der Waals surface area contributed by atoms with Crippen molar-refractivity contribution in [2.75, 3.05) is 18.4 Å². The van der Waals surface area contributed by atoms with Crippen molar-refractivity contribution in [2.24, 2.45) is 0 Å². The van der Waals surface area contributed by atoms with Crippen molar-refractivity contribution < 1.29 is 9.21 Å². The van der Waals surface area contributed by atoms with Crippen molar-refractivity contribution in [1.29, 1.82) is 0 Å². The van der Waals surface area contributed by atoms with Gasteiger partial charge in [-0.15, -0.1) is 0 Å². The molecule has 1 N–H and O–H groups in total. The lowest BCUT2D eigenvalue weighted by Crippen LogP contribution is -2.32. The van der Waals surface area contributed by atoms with Gasteiger partial charge in [-0.1, -0.05) is 30.3 Å². The number of aromatic nitrogens is 1. The van der Waals surface area contributed by atoms with Crippen molar-refractivity contribution in [3.05, 3.63) is 83.9 Å². The molecule has 1 aliphatic heterocycles. The molecule has 0 saturated carbocycles. The maximum Gasteiger partial charge on any atom is 0.255 e. The van der Waals surface area contributed by atoms with Crippen LogP contribution in [-0.4, -0.2) is 28.9 Å². The Morgan fingerprint density at radius 1 is 1.07 bits per heavy atom. The van der Waals surface area contributed by atoms with Crippen LogP contribution in [0.1, 0.15) is 46.9 Å². The number of amides is 1. The van der Waals surface area contributed by atoms with Gasteiger partial charge in [0.15, 0.2) is 0 Å². The van der Waals surface area contributed by atoms with Gasteiger partial charge in [-0.2, -0.15) is 0 Å². The summed E-state index contributed by atoms with van der Waals surface area (Å²) in [6, 6.07) is 18.1. The van der Waals surface area contributed by atoms with E-state index in [1.165, 1.54) is 5.56 Å². The molecule has 1 aliphatic rings. The number of nitrogens with one attached hydrogen (secondary N) is 1. The highest BCUT2D eigenvalue weighted by molar-refractivity contribution is 5.94. The van der Waals surface area contributed by atoms with E-state index < -0.39 is 0 Å². The molecule has 0 aliphatic carbocycles. The SMILES string of the molecule is O=C(c1ccc(NCc2ccco2)nc1)N1CCCC(c2ccccc2)CC1. The molecule has 1 fully saturated rings. The van der Waals surface area contributed by atoms with E-state index in [9.17, 15) is 4.79 Å². The van der Waals surface area contributed by atoms with Gasteiger partial charge >= 0.3 is 0 Å². The third-order valence-electron chi connectivity index (χ3n) is 5.32. The van der Waals surface area contributed by atoms with Gasteiger partial charge in [0.05, 0.1) is 18.4 Å². The molecule has 5 nitrogen and oxygen atoms in total. The van der Waals surface area contributed by atoms with Crippen molar-refractivity contribution in [3.8, 4) is 0 Å². The normalized spacial score (nSPS) is 17.1. The van der Waals surface area contributed by atoms with E-state index in [4.69, 9.17) is 4.42 Å². The predicted octanol–water partition coefficient (Wildman–Crippen LogP) is 4.70. The van der Waals surface area contributed by atoms with Gasteiger partial charge in [-0.3, -0.25) is 4.79 Å². The van der Waals surface area contributed by atoms with Gasteiger partial charge in [-0.05, 0) is 55.0 Å². The van der Waals surface area contributed by atoms with Gasteiger partial charge in [0.1, 0.15) is 11.6 Å². The first-order valence-electron chi connectivity index (χ1n) is 9.86. The van der Waals surface area contributed by atoms with Crippen LogP contribution in [0, 0.1) is 0 Å². The summed E-state index contributed by atoms with van der Waals surface area (Å²) in [5.74, 6) is 2.18. The Kier molecular flexibility index (Phi) is 5.71. The van der Waals surface area contributed by atoms with Gasteiger partial charge < -0.3 is 14.6 Å². The monoisotopic (exact) mass is 375 g/mol. The molecular weight excluding hydrogens is 350 g/mol. The number of pyridine rings is 1. The molecule has 0 bridgehead atoms. The Labute approximate surface area is 165 Å². The van der Waals surface area contributed by atoms with Crippen LogP contribution in [0.5, 0.6) is 0 Å². The molecule has 144 valence electrons. The molecule has 1 atom stereocenters. The van der Waals surface area contributed by atoms with Gasteiger partial charge in [-0.25, -0.2) is 4.98 Å². The van der Waals surface area contributed by atoms with Crippen LogP contribution in [0.25, 0.3) is 0 Å². The van der Waals surface area contributed by atoms with Crippen LogP contribution < -0.4 is 5.32 Å². The summed E-state index contributed by atoms with van der Waals surface area (Å²) in [5, 5.41) is 3.20. The quantitative estimate of drug-likeness (QED) is 0.702. The first kappa shape index (κ1) is 18.3. The molecule has 3 heterocycles. The Morgan fingerprint density at radius 2 is 1.96 bits per heavy atom. The van der Waals surface area contributed by atoms with Crippen LogP contribution in [0.2, 0.25) is 0 Å². The number of carbonyl (C=O) groups is 1. The van der Waals surface area contributed by atoms with Crippen molar-refractivity contribution in [2.45, 2.75) is 31.7 Å². The summed E-state index contributed by atoms with van der Waals surface area (Å²) in [5.41, 5.74) is 2.02. The van der Waals surface area contributed by atoms with Crippen molar-refractivity contribution >= 4 is 11.7 Å². The van der Waals surface area contributed by atoms with Gasteiger partial charge in [0.2, 0.25) is 0 Å². The van der Waals surface area contributed by atoms with Crippen LogP contribution in [0.3, 0.4) is 0 Å². The minimum absolute atomic E-state index is 0.0683. The third kappa shape index (κ3) is 4.42. The van der Waals surface area contributed by atoms with Crippen molar-refractivity contribution in [3.63, 3.8) is 0 Å². The number of nitrogens with zero attached hydrogens (tertiary/aromatic N) is 2. The number of benzene rings is 1. The molecule has 5 heteroatoms. The molecular formula is C23H25N3O2. The first-order valence-corrected chi connectivity index (χ1v) is 9.86. The second kappa shape index (κ2) is 8.74. The molecule has 0 spiro atoms. The zero-order chi connectivity index (χ0) is 19.2. The summed E-state index contributed by atoms with van der Waals surface area (Å²) in [6.07, 6.45) is 6.47. The minimum atomic E-state index is 0.0683. The van der Waals surface area contributed by atoms with E-state index in [0.717, 1.165) is 43.9 Å². The highest BCUT2D eigenvalue weighted by Gasteiger charge is 2.22. The second-order valence-electron chi connectivity index (χ2n) is 7.20. The highest BCUT2D eigenvalue weighted by Crippen LogP contribution is 2.28. The Bertz CT molecular complexity index is 876. The summed E-state index contributed by atoms with van der Waals surface area (Å²) < 4.78 is 5.30. The molecule has 1 saturated heterocycles. The minimum Gasteiger partial charge on any atom is -0.467 e. The molecule has 1 unspecified atom stereocenters.